The van der Waals surface area contributed by atoms with Gasteiger partial charge in [-0.3, -0.25) is 4.79 Å². The highest BCUT2D eigenvalue weighted by atomic mass is 79.9. The van der Waals surface area contributed by atoms with Gasteiger partial charge in [-0.1, -0.05) is 35.8 Å². The third kappa shape index (κ3) is 5.15. The van der Waals surface area contributed by atoms with E-state index < -0.39 is 5.97 Å². The van der Waals surface area contributed by atoms with Gasteiger partial charge in [0, 0.05) is 10.0 Å². The molecule has 4 nitrogen and oxygen atoms in total. The lowest BCUT2D eigenvalue weighted by molar-refractivity contribution is 0.0526. The molecular weight excluding hydrogens is 470 g/mol. The number of hydrogen-bond acceptors (Lipinski definition) is 4. The van der Waals surface area contributed by atoms with Gasteiger partial charge < -0.3 is 10.1 Å². The van der Waals surface area contributed by atoms with Crippen molar-refractivity contribution < 1.29 is 14.3 Å². The summed E-state index contributed by atoms with van der Waals surface area (Å²) >= 11 is 8.22. The van der Waals surface area contributed by atoms with Crippen LogP contribution in [0.5, 0.6) is 0 Å². The van der Waals surface area contributed by atoms with E-state index in [0.29, 0.717) is 22.0 Å². The highest BCUT2D eigenvalue weighted by molar-refractivity contribution is 9.11. The second-order valence-corrected chi connectivity index (χ2v) is 9.10. The lowest BCUT2D eigenvalue weighted by Gasteiger charge is -2.10. The van der Waals surface area contributed by atoms with Crippen LogP contribution < -0.4 is 5.32 Å². The largest absolute Gasteiger partial charge is 0.462 e. The zero-order valence-corrected chi connectivity index (χ0v) is 18.2. The van der Waals surface area contributed by atoms with Crippen LogP contribution >= 0.6 is 43.2 Å². The van der Waals surface area contributed by atoms with Crippen LogP contribution in [-0.4, -0.2) is 18.5 Å². The van der Waals surface area contributed by atoms with Gasteiger partial charge in [-0.15, -0.1) is 11.3 Å². The average Bonchev–Trinajstić information content (AvgIpc) is 2.82. The van der Waals surface area contributed by atoms with Crippen molar-refractivity contribution in [3.05, 3.63) is 49.2 Å². The smallest absolute Gasteiger partial charge is 0.341 e. The van der Waals surface area contributed by atoms with E-state index in [1.807, 2.05) is 6.07 Å². The topological polar surface area (TPSA) is 55.4 Å². The maximum Gasteiger partial charge on any atom is 0.341 e. The molecule has 1 N–H and O–H groups in total. The second-order valence-electron chi connectivity index (χ2n) is 5.84. The summed E-state index contributed by atoms with van der Waals surface area (Å²) in [5, 5.41) is 3.36. The number of carbonyl (C=O) groups is 2. The molecule has 0 saturated heterocycles. The van der Waals surface area contributed by atoms with Crippen LogP contribution in [0.3, 0.4) is 0 Å². The molecule has 0 aliphatic rings. The first-order chi connectivity index (χ1) is 11.8. The molecule has 2 aromatic rings. The van der Waals surface area contributed by atoms with Gasteiger partial charge in [0.2, 0.25) is 0 Å². The molecule has 0 radical (unpaired) electrons. The molecule has 25 heavy (non-hydrogen) atoms. The first-order valence-corrected chi connectivity index (χ1v) is 10.3. The van der Waals surface area contributed by atoms with Crippen LogP contribution in [0.1, 0.15) is 47.1 Å². The number of benzene rings is 1. The molecule has 0 aliphatic carbocycles. The van der Waals surface area contributed by atoms with Crippen molar-refractivity contribution in [3.63, 3.8) is 0 Å². The van der Waals surface area contributed by atoms with Crippen LogP contribution in [0.25, 0.3) is 0 Å². The van der Waals surface area contributed by atoms with Gasteiger partial charge in [-0.05, 0) is 59.0 Å². The van der Waals surface area contributed by atoms with Gasteiger partial charge in [0.05, 0.1) is 16.0 Å². The molecule has 0 spiro atoms. The van der Waals surface area contributed by atoms with Crippen molar-refractivity contribution in [2.45, 2.75) is 27.2 Å². The van der Waals surface area contributed by atoms with Gasteiger partial charge in [0.15, 0.2) is 0 Å². The van der Waals surface area contributed by atoms with Gasteiger partial charge in [-0.2, -0.15) is 0 Å². The molecule has 7 heteroatoms. The molecule has 0 saturated carbocycles. The predicted octanol–water partition coefficient (Wildman–Crippen LogP) is 5.90. The molecule has 0 bridgehead atoms. The monoisotopic (exact) mass is 487 g/mol. The van der Waals surface area contributed by atoms with E-state index in [1.54, 1.807) is 25.1 Å². The Bertz CT molecular complexity index is 787. The van der Waals surface area contributed by atoms with E-state index >= 15 is 0 Å². The Hall–Kier alpha value is -1.18. The van der Waals surface area contributed by atoms with E-state index in [4.69, 9.17) is 4.74 Å². The average molecular weight is 489 g/mol. The first-order valence-electron chi connectivity index (χ1n) is 7.88. The Morgan fingerprint density at radius 2 is 2.00 bits per heavy atom. The maximum absolute atomic E-state index is 12.5. The second kappa shape index (κ2) is 8.96. The highest BCUT2D eigenvalue weighted by Crippen LogP contribution is 2.39. The maximum atomic E-state index is 12.5. The number of ether oxygens (including phenoxy) is 1. The van der Waals surface area contributed by atoms with Gasteiger partial charge in [-0.25, -0.2) is 4.79 Å². The number of rotatable bonds is 6. The fourth-order valence-electron chi connectivity index (χ4n) is 2.34. The quantitative estimate of drug-likeness (QED) is 0.515. The molecule has 0 unspecified atom stereocenters. The lowest BCUT2D eigenvalue weighted by Crippen LogP contribution is -2.15. The number of carbonyl (C=O) groups excluding carboxylic acids is 2. The minimum atomic E-state index is -0.412. The van der Waals surface area contributed by atoms with E-state index in [9.17, 15) is 9.59 Å². The summed E-state index contributed by atoms with van der Waals surface area (Å²) in [6, 6.07) is 7.10. The number of anilines is 1. The van der Waals surface area contributed by atoms with Crippen LogP contribution in [0.15, 0.2) is 32.5 Å². The SMILES string of the molecule is CCOC(=O)c1c(NC(=O)c2cccc(Br)c2)sc(Br)c1CC(C)C. The summed E-state index contributed by atoms with van der Waals surface area (Å²) in [6.07, 6.45) is 0.720. The summed E-state index contributed by atoms with van der Waals surface area (Å²) in [4.78, 5) is 25.0. The Morgan fingerprint density at radius 1 is 1.28 bits per heavy atom. The summed E-state index contributed by atoms with van der Waals surface area (Å²) in [7, 11) is 0. The molecule has 0 atom stereocenters. The summed E-state index contributed by atoms with van der Waals surface area (Å²) in [6.45, 7) is 6.21. The number of nitrogens with one attached hydrogen (secondary N) is 1. The predicted molar refractivity (Wildman–Crippen MR) is 109 cm³/mol. The zero-order valence-electron chi connectivity index (χ0n) is 14.2. The molecule has 0 fully saturated rings. The Balaban J connectivity index is 2.39. The summed E-state index contributed by atoms with van der Waals surface area (Å²) in [5.41, 5.74) is 1.83. The van der Waals surface area contributed by atoms with Crippen molar-refractivity contribution in [3.8, 4) is 0 Å². The third-order valence-corrected chi connectivity index (χ3v) is 5.76. The van der Waals surface area contributed by atoms with Crippen molar-refractivity contribution in [1.29, 1.82) is 0 Å². The molecule has 1 heterocycles. The van der Waals surface area contributed by atoms with Crippen LogP contribution in [0.2, 0.25) is 0 Å². The third-order valence-electron chi connectivity index (χ3n) is 3.36. The van der Waals surface area contributed by atoms with Crippen molar-refractivity contribution >= 4 is 60.1 Å². The van der Waals surface area contributed by atoms with Crippen LogP contribution in [0.4, 0.5) is 5.00 Å². The molecule has 2 rings (SSSR count). The first kappa shape index (κ1) is 20.1. The van der Waals surface area contributed by atoms with Crippen molar-refractivity contribution in [1.82, 2.24) is 0 Å². The van der Waals surface area contributed by atoms with E-state index in [2.05, 4.69) is 51.0 Å². The molecule has 134 valence electrons. The summed E-state index contributed by atoms with van der Waals surface area (Å²) < 4.78 is 6.86. The Morgan fingerprint density at radius 3 is 2.60 bits per heavy atom. The molecule has 0 aliphatic heterocycles. The van der Waals surface area contributed by atoms with E-state index in [0.717, 1.165) is 20.2 Å². The van der Waals surface area contributed by atoms with Crippen molar-refractivity contribution in [2.24, 2.45) is 5.92 Å². The molecule has 1 aromatic heterocycles. The zero-order chi connectivity index (χ0) is 18.6. The van der Waals surface area contributed by atoms with E-state index in [1.165, 1.54) is 11.3 Å². The number of thiophene rings is 1. The minimum Gasteiger partial charge on any atom is -0.462 e. The fourth-order valence-corrected chi connectivity index (χ4v) is 4.53. The standard InChI is InChI=1S/C18H19Br2NO3S/c1-4-24-18(23)14-13(8-10(2)3)15(20)25-17(14)21-16(22)11-6-5-7-12(19)9-11/h5-7,9-10H,4,8H2,1-3H3,(H,21,22). The van der Waals surface area contributed by atoms with Crippen molar-refractivity contribution in [2.75, 3.05) is 11.9 Å². The minimum absolute atomic E-state index is 0.267. The Labute approximate surface area is 168 Å². The highest BCUT2D eigenvalue weighted by Gasteiger charge is 2.25. The van der Waals surface area contributed by atoms with E-state index in [-0.39, 0.29) is 12.5 Å². The molecule has 1 aromatic carbocycles. The number of esters is 1. The van der Waals surface area contributed by atoms with Crippen LogP contribution in [0, 0.1) is 5.92 Å². The van der Waals surface area contributed by atoms with Crippen LogP contribution in [-0.2, 0) is 11.2 Å². The number of halogens is 2. The van der Waals surface area contributed by atoms with Gasteiger partial charge in [0.25, 0.3) is 5.91 Å². The lowest BCUT2D eigenvalue weighted by atomic mass is 10.0. The molecular formula is C18H19Br2NO3S. The van der Waals surface area contributed by atoms with Gasteiger partial charge >= 0.3 is 5.97 Å². The fraction of sp³-hybridized carbons (Fsp3) is 0.333. The number of hydrogen-bond donors (Lipinski definition) is 1. The molecule has 1 amide bonds. The summed E-state index contributed by atoms with van der Waals surface area (Å²) in [5.74, 6) is -0.311. The number of amides is 1. The van der Waals surface area contributed by atoms with Gasteiger partial charge in [0.1, 0.15) is 5.00 Å². The normalized spacial score (nSPS) is 10.8. The Kier molecular flexibility index (Phi) is 7.22.